The molecule has 0 heterocycles. The highest BCUT2D eigenvalue weighted by Gasteiger charge is 2.29. The summed E-state index contributed by atoms with van der Waals surface area (Å²) in [5.41, 5.74) is 0. The van der Waals surface area contributed by atoms with Gasteiger partial charge >= 0.3 is 29.8 Å². The number of rotatable bonds is 47. The molecule has 4 unspecified atom stereocenters. The van der Waals surface area contributed by atoms with Crippen molar-refractivity contribution in [2.45, 2.75) is 245 Å². The van der Waals surface area contributed by atoms with Crippen LogP contribution in [0.3, 0.4) is 0 Å². The predicted octanol–water partition coefficient (Wildman–Crippen LogP) is 4.10. The first kappa shape index (κ1) is 72.0. The van der Waals surface area contributed by atoms with Gasteiger partial charge in [-0.3, -0.25) is 14.4 Å². The summed E-state index contributed by atoms with van der Waals surface area (Å²) in [7, 11) is 7.59. The lowest BCUT2D eigenvalue weighted by Crippen LogP contribution is -3.00. The van der Waals surface area contributed by atoms with Crippen LogP contribution in [0.1, 0.15) is 220 Å². The number of unbranched alkanes of at least 4 members (excludes halogenated alkanes) is 21. The standard InChI is InChI=1S/C54H104N2O12.2ClH/c1-9-11-13-15-22-28-34-48(59)50(67-53(62)44-55(5,6)39-42-64-46(3)57)36-30-24-18-17-19-26-32-38-52(61)66-41-33-27-21-20-25-31-37-51(49(60)35-29-23-16-14-12-10-2)68-54(63)45-56(7,8)40-43-65-47(4)58;;/h48-51,59-60H,9-45H2,1-8H3;2*1H/q+2;;/p-2. The third-order valence-electron chi connectivity index (χ3n) is 12.8. The largest absolute Gasteiger partial charge is 1.00 e. The fourth-order valence-corrected chi connectivity index (χ4v) is 8.35. The number of hydrogen-bond acceptors (Lipinski definition) is 12. The summed E-state index contributed by atoms with van der Waals surface area (Å²) >= 11 is 0. The Morgan fingerprint density at radius 3 is 1.07 bits per heavy atom. The fourth-order valence-electron chi connectivity index (χ4n) is 8.35. The molecule has 0 amide bonds. The van der Waals surface area contributed by atoms with Crippen molar-refractivity contribution in [3.63, 3.8) is 0 Å². The topological polar surface area (TPSA) is 172 Å². The number of hydrogen-bond donors (Lipinski definition) is 2. The van der Waals surface area contributed by atoms with Gasteiger partial charge in [-0.05, 0) is 51.4 Å². The lowest BCUT2D eigenvalue weighted by Gasteiger charge is -2.30. The maximum atomic E-state index is 13.0. The first-order valence-corrected chi connectivity index (χ1v) is 27.2. The summed E-state index contributed by atoms with van der Waals surface area (Å²) in [5.74, 6) is -1.52. The van der Waals surface area contributed by atoms with Gasteiger partial charge in [0.15, 0.2) is 13.1 Å². The number of nitrogens with zero attached hydrogens (tertiary/aromatic N) is 2. The first-order valence-electron chi connectivity index (χ1n) is 27.2. The molecule has 4 atom stereocenters. The number of likely N-dealkylation sites (N-methyl/N-ethyl adjacent to an activating group) is 2. The van der Waals surface area contributed by atoms with E-state index in [0.29, 0.717) is 60.8 Å². The normalized spacial score (nSPS) is 13.2. The van der Waals surface area contributed by atoms with Crippen molar-refractivity contribution in [3.05, 3.63) is 0 Å². The van der Waals surface area contributed by atoms with E-state index >= 15 is 0 Å². The summed E-state index contributed by atoms with van der Waals surface area (Å²) in [6.45, 7) is 9.28. The van der Waals surface area contributed by atoms with Crippen LogP contribution in [0.2, 0.25) is 0 Å². The number of carbonyl (C=O) groups excluding carboxylic acids is 5. The minimum absolute atomic E-state index is 0. The van der Waals surface area contributed by atoms with Crippen LogP contribution in [0.15, 0.2) is 0 Å². The Morgan fingerprint density at radius 1 is 0.400 bits per heavy atom. The van der Waals surface area contributed by atoms with E-state index in [1.54, 1.807) is 0 Å². The van der Waals surface area contributed by atoms with Gasteiger partial charge in [0, 0.05) is 20.3 Å². The number of esters is 5. The average Bonchev–Trinajstić information content (AvgIpc) is 3.25. The molecule has 0 radical (unpaired) electrons. The van der Waals surface area contributed by atoms with Crippen molar-refractivity contribution in [3.8, 4) is 0 Å². The van der Waals surface area contributed by atoms with E-state index in [-0.39, 0.29) is 81.0 Å². The van der Waals surface area contributed by atoms with Crippen molar-refractivity contribution in [1.29, 1.82) is 0 Å². The van der Waals surface area contributed by atoms with Gasteiger partial charge in [-0.25, -0.2) is 9.59 Å². The SMILES string of the molecule is CCCCCCCCC(O)C(CCCCCCCCCC(=O)OCCCCCCCCC(OC(=O)C[N+](C)(C)CCOC(C)=O)C(O)CCCCCCCC)OC(=O)C[N+](C)(C)CCOC(C)=O.[Cl-].[Cl-]. The van der Waals surface area contributed by atoms with Crippen LogP contribution >= 0.6 is 0 Å². The number of aliphatic hydroxyl groups is 2. The van der Waals surface area contributed by atoms with E-state index in [9.17, 15) is 34.2 Å². The Bertz CT molecular complexity index is 1210. The molecule has 70 heavy (non-hydrogen) atoms. The minimum Gasteiger partial charge on any atom is -1.00 e. The number of halogens is 2. The number of quaternary nitrogens is 2. The maximum Gasteiger partial charge on any atom is 0.362 e. The van der Waals surface area contributed by atoms with Gasteiger partial charge in [0.25, 0.3) is 0 Å². The molecule has 14 nitrogen and oxygen atoms in total. The molecule has 0 aromatic rings. The molecule has 0 aliphatic rings. The fraction of sp³-hybridized carbons (Fsp3) is 0.907. The predicted molar refractivity (Wildman–Crippen MR) is 270 cm³/mol. The van der Waals surface area contributed by atoms with Crippen LogP contribution in [-0.4, -0.2) is 148 Å². The van der Waals surface area contributed by atoms with Crippen molar-refractivity contribution in [2.24, 2.45) is 0 Å². The summed E-state index contributed by atoms with van der Waals surface area (Å²) in [4.78, 5) is 60.6. The zero-order chi connectivity index (χ0) is 50.9. The van der Waals surface area contributed by atoms with Crippen LogP contribution in [0.25, 0.3) is 0 Å². The van der Waals surface area contributed by atoms with Crippen LogP contribution in [0, 0.1) is 0 Å². The zero-order valence-electron chi connectivity index (χ0n) is 45.6. The van der Waals surface area contributed by atoms with Gasteiger partial charge in [-0.1, -0.05) is 149 Å². The lowest BCUT2D eigenvalue weighted by molar-refractivity contribution is -0.883. The van der Waals surface area contributed by atoms with Crippen LogP contribution in [-0.2, 0) is 47.7 Å². The third-order valence-corrected chi connectivity index (χ3v) is 12.8. The molecule has 16 heteroatoms. The van der Waals surface area contributed by atoms with Crippen LogP contribution in [0.5, 0.6) is 0 Å². The molecule has 0 aromatic carbocycles. The molecule has 0 spiro atoms. The molecular weight excluding hydrogens is 940 g/mol. The maximum absolute atomic E-state index is 13.0. The number of aliphatic hydroxyl groups excluding tert-OH is 2. The summed E-state index contributed by atoms with van der Waals surface area (Å²) < 4.78 is 28.1. The van der Waals surface area contributed by atoms with E-state index in [0.717, 1.165) is 122 Å². The van der Waals surface area contributed by atoms with Crippen molar-refractivity contribution in [2.75, 3.05) is 74.2 Å². The lowest BCUT2D eigenvalue weighted by atomic mass is 9.99. The number of carbonyl (C=O) groups is 5. The molecule has 416 valence electrons. The number of ether oxygens (including phenoxy) is 5. The zero-order valence-corrected chi connectivity index (χ0v) is 47.1. The molecular formula is C54H104Cl2N2O12. The van der Waals surface area contributed by atoms with Crippen molar-refractivity contribution >= 4 is 29.8 Å². The Morgan fingerprint density at radius 2 is 0.714 bits per heavy atom. The second-order valence-corrected chi connectivity index (χ2v) is 20.8. The first-order chi connectivity index (χ1) is 32.4. The minimum atomic E-state index is -0.690. The molecule has 2 N–H and O–H groups in total. The van der Waals surface area contributed by atoms with Gasteiger partial charge in [0.1, 0.15) is 38.5 Å². The molecule has 0 bridgehead atoms. The van der Waals surface area contributed by atoms with E-state index in [4.69, 9.17) is 23.7 Å². The van der Waals surface area contributed by atoms with Gasteiger partial charge in [0.05, 0.1) is 47.0 Å². The highest BCUT2D eigenvalue weighted by atomic mass is 35.5. The molecule has 0 aliphatic heterocycles. The van der Waals surface area contributed by atoms with Gasteiger partial charge < -0.3 is 67.7 Å². The van der Waals surface area contributed by atoms with E-state index < -0.39 is 24.4 Å². The second kappa shape index (κ2) is 46.5. The van der Waals surface area contributed by atoms with Crippen LogP contribution in [0.4, 0.5) is 0 Å². The Labute approximate surface area is 438 Å². The molecule has 0 saturated heterocycles. The smallest absolute Gasteiger partial charge is 0.362 e. The van der Waals surface area contributed by atoms with Gasteiger partial charge in [-0.2, -0.15) is 0 Å². The Kier molecular flexibility index (Phi) is 47.9. The van der Waals surface area contributed by atoms with E-state index in [1.807, 2.05) is 28.2 Å². The monoisotopic (exact) mass is 1040 g/mol. The van der Waals surface area contributed by atoms with Crippen molar-refractivity contribution in [1.82, 2.24) is 0 Å². The molecule has 0 aromatic heterocycles. The summed E-state index contributed by atoms with van der Waals surface area (Å²) in [6, 6.07) is 0. The molecule has 0 saturated carbocycles. The van der Waals surface area contributed by atoms with Gasteiger partial charge in [0.2, 0.25) is 0 Å². The van der Waals surface area contributed by atoms with Gasteiger partial charge in [-0.15, -0.1) is 0 Å². The highest BCUT2D eigenvalue weighted by Crippen LogP contribution is 2.21. The van der Waals surface area contributed by atoms with Crippen LogP contribution < -0.4 is 24.8 Å². The van der Waals surface area contributed by atoms with E-state index in [1.165, 1.54) is 52.4 Å². The Hall–Kier alpha value is -2.23. The highest BCUT2D eigenvalue weighted by molar-refractivity contribution is 5.71. The summed E-state index contributed by atoms with van der Waals surface area (Å²) in [5, 5.41) is 22.1. The molecule has 0 fully saturated rings. The van der Waals surface area contributed by atoms with Crippen molar-refractivity contribution < 1.29 is 91.7 Å². The average molecular weight is 1040 g/mol. The molecule has 0 aliphatic carbocycles. The second-order valence-electron chi connectivity index (χ2n) is 20.8. The Balaban J connectivity index is -0.0000224. The van der Waals surface area contributed by atoms with E-state index in [2.05, 4.69) is 13.8 Å². The molecule has 0 rings (SSSR count). The third kappa shape index (κ3) is 45.6. The quantitative estimate of drug-likeness (QED) is 0.0388. The summed E-state index contributed by atoms with van der Waals surface area (Å²) in [6.07, 6.45) is 26.5.